The van der Waals surface area contributed by atoms with Crippen molar-refractivity contribution in [3.63, 3.8) is 0 Å². The first-order valence-corrected chi connectivity index (χ1v) is 14.8. The lowest BCUT2D eigenvalue weighted by molar-refractivity contribution is -0.126. The molecular formula is C30H36Cl2FN3O4. The number of rotatable bonds is 9. The molecule has 40 heavy (non-hydrogen) atoms. The lowest BCUT2D eigenvalue weighted by Crippen LogP contribution is -2.48. The van der Waals surface area contributed by atoms with Crippen LogP contribution in [0.5, 0.6) is 0 Å². The fraction of sp³-hybridized carbons (Fsp3) is 0.533. The van der Waals surface area contributed by atoms with E-state index in [0.717, 1.165) is 19.3 Å². The van der Waals surface area contributed by atoms with Crippen LogP contribution in [-0.2, 0) is 15.0 Å². The van der Waals surface area contributed by atoms with E-state index in [4.69, 9.17) is 23.2 Å². The molecule has 2 aliphatic heterocycles. The average Bonchev–Trinajstić information content (AvgIpc) is 3.60. The van der Waals surface area contributed by atoms with Crippen molar-refractivity contribution in [1.29, 1.82) is 0 Å². The molecule has 2 aromatic rings. The van der Waals surface area contributed by atoms with E-state index in [0.29, 0.717) is 34.2 Å². The molecule has 1 aliphatic carbocycles. The summed E-state index contributed by atoms with van der Waals surface area (Å²) in [4.78, 5) is 30.2. The Hall–Kier alpha value is -2.23. The molecule has 0 aromatic heterocycles. The maximum atomic E-state index is 15.1. The Labute approximate surface area is 244 Å². The van der Waals surface area contributed by atoms with E-state index in [1.807, 2.05) is 18.0 Å². The van der Waals surface area contributed by atoms with E-state index in [9.17, 15) is 19.8 Å². The summed E-state index contributed by atoms with van der Waals surface area (Å²) in [6, 6.07) is 8.77. The Morgan fingerprint density at radius 3 is 2.67 bits per heavy atom. The van der Waals surface area contributed by atoms with Crippen molar-refractivity contribution in [3.8, 4) is 0 Å². The van der Waals surface area contributed by atoms with Crippen LogP contribution in [0.3, 0.4) is 0 Å². The van der Waals surface area contributed by atoms with E-state index in [1.165, 1.54) is 25.0 Å². The third-order valence-corrected chi connectivity index (χ3v) is 9.70. The van der Waals surface area contributed by atoms with Crippen molar-refractivity contribution in [2.45, 2.75) is 74.5 Å². The van der Waals surface area contributed by atoms with Crippen LogP contribution in [0, 0.1) is 11.7 Å². The summed E-state index contributed by atoms with van der Waals surface area (Å²) in [5.41, 5.74) is 0.385. The molecule has 2 aromatic carbocycles. The number of aliphatic hydroxyl groups excluding tert-OH is 2. The van der Waals surface area contributed by atoms with Gasteiger partial charge in [0.05, 0.1) is 23.8 Å². The van der Waals surface area contributed by atoms with Gasteiger partial charge in [0.25, 0.3) is 0 Å². The first-order chi connectivity index (χ1) is 19.2. The molecular weight excluding hydrogens is 556 g/mol. The van der Waals surface area contributed by atoms with E-state index in [-0.39, 0.29) is 29.8 Å². The normalized spacial score (nSPS) is 27.2. The maximum Gasteiger partial charge on any atom is 0.238 e. The molecule has 7 nitrogen and oxygen atoms in total. The van der Waals surface area contributed by atoms with Crippen molar-refractivity contribution >= 4 is 40.7 Å². The van der Waals surface area contributed by atoms with Crippen molar-refractivity contribution in [2.24, 2.45) is 5.92 Å². The number of benzene rings is 2. The number of halogens is 3. The highest BCUT2D eigenvalue weighted by molar-refractivity contribution is 6.31. The number of nitrogens with zero attached hydrogens (tertiary/aromatic N) is 1. The Balaban J connectivity index is 1.64. The van der Waals surface area contributed by atoms with Gasteiger partial charge in [-0.05, 0) is 67.6 Å². The maximum absolute atomic E-state index is 15.1. The van der Waals surface area contributed by atoms with Gasteiger partial charge in [-0.2, -0.15) is 0 Å². The van der Waals surface area contributed by atoms with Gasteiger partial charge in [-0.3, -0.25) is 14.5 Å². The van der Waals surface area contributed by atoms with Crippen molar-refractivity contribution in [2.75, 3.05) is 25.5 Å². The minimum Gasteiger partial charge on any atom is -0.394 e. The molecule has 216 valence electrons. The lowest BCUT2D eigenvalue weighted by Gasteiger charge is -2.36. The molecule has 1 spiro atoms. The van der Waals surface area contributed by atoms with Crippen LogP contribution < -0.4 is 10.6 Å². The van der Waals surface area contributed by atoms with Gasteiger partial charge < -0.3 is 20.8 Å². The fourth-order valence-corrected chi connectivity index (χ4v) is 7.71. The molecule has 5 atom stereocenters. The van der Waals surface area contributed by atoms with Crippen molar-refractivity contribution in [3.05, 3.63) is 63.4 Å². The van der Waals surface area contributed by atoms with Crippen LogP contribution in [0.25, 0.3) is 0 Å². The molecule has 0 radical (unpaired) electrons. The second-order valence-corrected chi connectivity index (χ2v) is 12.3. The van der Waals surface area contributed by atoms with Crippen LogP contribution >= 0.6 is 23.2 Å². The summed E-state index contributed by atoms with van der Waals surface area (Å²) < 4.78 is 15.1. The van der Waals surface area contributed by atoms with Gasteiger partial charge in [0, 0.05) is 29.2 Å². The molecule has 10 heteroatoms. The number of likely N-dealkylation sites (N-methyl/N-ethyl adjacent to an activating group) is 1. The highest BCUT2D eigenvalue weighted by Crippen LogP contribution is 2.59. The van der Waals surface area contributed by atoms with Gasteiger partial charge in [0.15, 0.2) is 0 Å². The first kappa shape index (κ1) is 29.3. The van der Waals surface area contributed by atoms with E-state index in [1.54, 1.807) is 18.2 Å². The summed E-state index contributed by atoms with van der Waals surface area (Å²) >= 11 is 12.6. The molecule has 4 N–H and O–H groups in total. The van der Waals surface area contributed by atoms with Crippen molar-refractivity contribution in [1.82, 2.24) is 10.2 Å². The monoisotopic (exact) mass is 591 g/mol. The Kier molecular flexibility index (Phi) is 8.74. The zero-order valence-corrected chi connectivity index (χ0v) is 24.0. The van der Waals surface area contributed by atoms with E-state index >= 15 is 4.39 Å². The van der Waals surface area contributed by atoms with Gasteiger partial charge >= 0.3 is 0 Å². The molecule has 2 amide bonds. The predicted octanol–water partition coefficient (Wildman–Crippen LogP) is 4.62. The number of hydrogen-bond donors (Lipinski definition) is 4. The molecule has 5 rings (SSSR count). The first-order valence-electron chi connectivity index (χ1n) is 14.0. The Morgan fingerprint density at radius 1 is 1.23 bits per heavy atom. The van der Waals surface area contributed by atoms with Gasteiger partial charge in [0.2, 0.25) is 11.8 Å². The number of amides is 2. The summed E-state index contributed by atoms with van der Waals surface area (Å²) in [5.74, 6) is -1.35. The molecule has 0 bridgehead atoms. The minimum atomic E-state index is -1.27. The quantitative estimate of drug-likeness (QED) is 0.341. The minimum absolute atomic E-state index is 0.0824. The average molecular weight is 593 g/mol. The molecule has 0 unspecified atom stereocenters. The highest BCUT2D eigenvalue weighted by atomic mass is 35.5. The summed E-state index contributed by atoms with van der Waals surface area (Å²) in [6.45, 7) is -0.248. The lowest BCUT2D eigenvalue weighted by atomic mass is 9.63. The summed E-state index contributed by atoms with van der Waals surface area (Å²) in [7, 11) is 1.86. The topological polar surface area (TPSA) is 102 Å². The molecule has 1 saturated heterocycles. The largest absolute Gasteiger partial charge is 0.394 e. The van der Waals surface area contributed by atoms with Gasteiger partial charge in [-0.15, -0.1) is 0 Å². The fourth-order valence-electron chi connectivity index (χ4n) is 7.35. The number of carbonyl (C=O) groups excluding carboxylic acids is 2. The Morgan fingerprint density at radius 2 is 1.98 bits per heavy atom. The predicted molar refractivity (Wildman–Crippen MR) is 153 cm³/mol. The second kappa shape index (κ2) is 11.9. The number of fused-ring (bicyclic) bond motifs is 2. The third kappa shape index (κ3) is 5.13. The molecule has 2 fully saturated rings. The zero-order valence-electron chi connectivity index (χ0n) is 22.5. The van der Waals surface area contributed by atoms with E-state index < -0.39 is 41.9 Å². The van der Waals surface area contributed by atoms with Crippen LogP contribution in [0.15, 0.2) is 36.4 Å². The molecule has 3 aliphatic rings. The summed E-state index contributed by atoms with van der Waals surface area (Å²) in [5, 5.41) is 25.3. The molecule has 2 heterocycles. The number of anilines is 1. The van der Waals surface area contributed by atoms with Crippen LogP contribution in [0.2, 0.25) is 10.0 Å². The van der Waals surface area contributed by atoms with Crippen molar-refractivity contribution < 1.29 is 24.2 Å². The van der Waals surface area contributed by atoms with Gasteiger partial charge in [-0.25, -0.2) is 4.39 Å². The Bertz CT molecular complexity index is 1270. The SMILES string of the molecule is CN1[C@@H](C(=O)NCC[C@H](O)CO)[C@H](c2cccc(Cl)c2)[C@@]2(C(=O)Nc3cc(Cl)c(F)cc32)[C@H]1CCC1CCCC1. The molecule has 1 saturated carbocycles. The third-order valence-electron chi connectivity index (χ3n) is 9.18. The van der Waals surface area contributed by atoms with Crippen LogP contribution in [0.1, 0.15) is 62.0 Å². The zero-order chi connectivity index (χ0) is 28.6. The van der Waals surface area contributed by atoms with Gasteiger partial charge in [0.1, 0.15) is 11.2 Å². The van der Waals surface area contributed by atoms with Crippen LogP contribution in [0.4, 0.5) is 10.1 Å². The van der Waals surface area contributed by atoms with E-state index in [2.05, 4.69) is 10.6 Å². The number of likely N-dealkylation sites (tertiary alicyclic amines) is 1. The number of nitrogens with one attached hydrogen (secondary N) is 2. The smallest absolute Gasteiger partial charge is 0.238 e. The number of carbonyl (C=O) groups is 2. The standard InChI is InChI=1S/C30H36Cl2FN3O4/c1-36-25(10-9-17-5-2-3-6-17)30(21-14-23(33)22(32)15-24(21)35-29(30)40)26(18-7-4-8-19(31)13-18)27(36)28(39)34-12-11-20(38)16-37/h4,7-8,13-15,17,20,25-27,37-38H,2-3,5-6,9-12,16H2,1H3,(H,34,39)(H,35,40)/t20-,25+,26-,27+,30-/m0/s1. The second-order valence-electron chi connectivity index (χ2n) is 11.4. The van der Waals surface area contributed by atoms with Crippen LogP contribution in [-0.4, -0.2) is 65.3 Å². The number of aliphatic hydroxyl groups is 2. The summed E-state index contributed by atoms with van der Waals surface area (Å²) in [6.07, 6.45) is 5.46. The number of hydrogen-bond acceptors (Lipinski definition) is 5. The highest BCUT2D eigenvalue weighted by Gasteiger charge is 2.67. The van der Waals surface area contributed by atoms with Gasteiger partial charge in [-0.1, -0.05) is 61.0 Å².